The third-order valence-corrected chi connectivity index (χ3v) is 6.23. The number of likely N-dealkylation sites (tertiary alicyclic amines) is 1. The highest BCUT2D eigenvalue weighted by atomic mass is 16.2. The molecule has 0 aromatic heterocycles. The minimum absolute atomic E-state index is 0.0509. The van der Waals surface area contributed by atoms with Crippen LogP contribution in [0.3, 0.4) is 0 Å². The van der Waals surface area contributed by atoms with Gasteiger partial charge >= 0.3 is 0 Å². The van der Waals surface area contributed by atoms with E-state index in [0.717, 1.165) is 57.3 Å². The summed E-state index contributed by atoms with van der Waals surface area (Å²) >= 11 is 0. The van der Waals surface area contributed by atoms with Crippen molar-refractivity contribution in [3.63, 3.8) is 0 Å². The zero-order valence-corrected chi connectivity index (χ0v) is 15.2. The lowest BCUT2D eigenvalue weighted by Crippen LogP contribution is -2.63. The fourth-order valence-corrected chi connectivity index (χ4v) is 4.51. The number of nitrogens with zero attached hydrogens (tertiary/aromatic N) is 3. The monoisotopic (exact) mass is 353 g/mol. The quantitative estimate of drug-likeness (QED) is 0.861. The first-order valence-electron chi connectivity index (χ1n) is 9.92. The van der Waals surface area contributed by atoms with Crippen LogP contribution in [0.1, 0.15) is 31.2 Å². The molecule has 26 heavy (non-hydrogen) atoms. The van der Waals surface area contributed by atoms with Crippen molar-refractivity contribution >= 4 is 17.4 Å². The maximum Gasteiger partial charge on any atom is 0.234 e. The number of piperidine rings is 1. The summed E-state index contributed by atoms with van der Waals surface area (Å²) in [5, 5.41) is 6.91. The maximum atomic E-state index is 12.2. The van der Waals surface area contributed by atoms with Gasteiger partial charge in [-0.2, -0.15) is 0 Å². The van der Waals surface area contributed by atoms with Gasteiger partial charge in [-0.3, -0.25) is 14.7 Å². The average molecular weight is 353 g/mol. The van der Waals surface area contributed by atoms with E-state index in [1.807, 2.05) is 0 Å². The number of hydrogen-bond acceptors (Lipinski definition) is 5. The van der Waals surface area contributed by atoms with Gasteiger partial charge < -0.3 is 15.5 Å². The van der Waals surface area contributed by atoms with Gasteiger partial charge in [0, 0.05) is 50.3 Å². The molecule has 0 atom stereocenters. The van der Waals surface area contributed by atoms with E-state index in [0.29, 0.717) is 6.54 Å². The van der Waals surface area contributed by atoms with Crippen LogP contribution in [0.5, 0.6) is 0 Å². The molecule has 1 aliphatic carbocycles. The van der Waals surface area contributed by atoms with Crippen LogP contribution < -0.4 is 10.6 Å². The summed E-state index contributed by atoms with van der Waals surface area (Å²) in [4.78, 5) is 21.7. The van der Waals surface area contributed by atoms with Crippen molar-refractivity contribution in [3.05, 3.63) is 29.8 Å². The molecule has 3 heterocycles. The van der Waals surface area contributed by atoms with Gasteiger partial charge in [-0.25, -0.2) is 0 Å². The number of nitrogens with one attached hydrogen (secondary N) is 2. The summed E-state index contributed by atoms with van der Waals surface area (Å²) in [6.07, 6.45) is 4.57. The van der Waals surface area contributed by atoms with Gasteiger partial charge in [0.2, 0.25) is 5.91 Å². The van der Waals surface area contributed by atoms with Crippen molar-refractivity contribution < 1.29 is 4.79 Å². The molecule has 6 nitrogen and oxygen atoms in total. The lowest BCUT2D eigenvalue weighted by molar-refractivity contribution is -0.122. The van der Waals surface area contributed by atoms with Gasteiger partial charge in [0.1, 0.15) is 11.5 Å². The van der Waals surface area contributed by atoms with E-state index >= 15 is 0 Å². The second-order valence-corrected chi connectivity index (χ2v) is 8.08. The van der Waals surface area contributed by atoms with E-state index in [-0.39, 0.29) is 11.6 Å². The van der Waals surface area contributed by atoms with E-state index in [4.69, 9.17) is 4.99 Å². The average Bonchev–Trinajstić information content (AvgIpc) is 3.35. The van der Waals surface area contributed by atoms with Crippen LogP contribution in [0.15, 0.2) is 29.3 Å². The fourth-order valence-electron chi connectivity index (χ4n) is 4.51. The molecule has 4 aliphatic rings. The van der Waals surface area contributed by atoms with Crippen LogP contribution in [0.4, 0.5) is 5.69 Å². The molecule has 2 N–H and O–H groups in total. The highest BCUT2D eigenvalue weighted by molar-refractivity contribution is 6.06. The molecule has 2 fully saturated rings. The van der Waals surface area contributed by atoms with Gasteiger partial charge in [-0.1, -0.05) is 12.1 Å². The van der Waals surface area contributed by atoms with Crippen LogP contribution >= 0.6 is 0 Å². The summed E-state index contributed by atoms with van der Waals surface area (Å²) < 4.78 is 0. The molecule has 1 aromatic rings. The number of hydrogen-bond donors (Lipinski definition) is 2. The largest absolute Gasteiger partial charge is 0.362 e. The van der Waals surface area contributed by atoms with E-state index < -0.39 is 0 Å². The molecule has 0 unspecified atom stereocenters. The maximum absolute atomic E-state index is 12.2. The van der Waals surface area contributed by atoms with Crippen LogP contribution in [0.2, 0.25) is 0 Å². The molecule has 1 saturated heterocycles. The predicted molar refractivity (Wildman–Crippen MR) is 102 cm³/mol. The number of anilines is 1. The summed E-state index contributed by atoms with van der Waals surface area (Å²) in [6, 6.07) is 8.49. The smallest absolute Gasteiger partial charge is 0.234 e. The van der Waals surface area contributed by atoms with E-state index in [1.165, 1.54) is 24.1 Å². The SMILES string of the molecule is O=C(CN1CCC2(CC1)Nc1ccccc1C1=NCCN12)NCC1CC1. The van der Waals surface area contributed by atoms with Gasteiger partial charge in [-0.05, 0) is 30.9 Å². The van der Waals surface area contributed by atoms with Crippen molar-refractivity contribution in [2.75, 3.05) is 44.6 Å². The van der Waals surface area contributed by atoms with Crippen molar-refractivity contribution in [2.24, 2.45) is 10.9 Å². The number of para-hydroxylation sites is 1. The Kier molecular flexibility index (Phi) is 3.89. The minimum atomic E-state index is -0.0509. The van der Waals surface area contributed by atoms with Crippen LogP contribution in [-0.2, 0) is 4.79 Å². The first-order chi connectivity index (χ1) is 12.7. The van der Waals surface area contributed by atoms with Gasteiger partial charge in [0.25, 0.3) is 0 Å². The Labute approximate surface area is 154 Å². The van der Waals surface area contributed by atoms with Crippen LogP contribution in [0, 0.1) is 5.92 Å². The van der Waals surface area contributed by atoms with Crippen LogP contribution in [-0.4, -0.2) is 66.5 Å². The minimum Gasteiger partial charge on any atom is -0.362 e. The topological polar surface area (TPSA) is 60.0 Å². The Balaban J connectivity index is 1.25. The number of rotatable bonds is 4. The molecular weight excluding hydrogens is 326 g/mol. The Morgan fingerprint density at radius 1 is 1.23 bits per heavy atom. The zero-order chi connectivity index (χ0) is 17.6. The first-order valence-corrected chi connectivity index (χ1v) is 9.92. The second kappa shape index (κ2) is 6.27. The van der Waals surface area contributed by atoms with E-state index in [1.54, 1.807) is 0 Å². The highest BCUT2D eigenvalue weighted by Gasteiger charge is 2.46. The number of carbonyl (C=O) groups excluding carboxylic acids is 1. The molecule has 1 saturated carbocycles. The molecule has 1 spiro atoms. The summed E-state index contributed by atoms with van der Waals surface area (Å²) in [6.45, 7) is 5.13. The first kappa shape index (κ1) is 16.1. The third kappa shape index (κ3) is 2.86. The van der Waals surface area contributed by atoms with Crippen molar-refractivity contribution in [1.82, 2.24) is 15.1 Å². The van der Waals surface area contributed by atoms with Crippen LogP contribution in [0.25, 0.3) is 0 Å². The number of carbonyl (C=O) groups is 1. The molecule has 3 aliphatic heterocycles. The standard InChI is InChI=1S/C20H27N5O/c26-18(22-13-15-5-6-15)14-24-10-7-20(8-11-24)23-17-4-2-1-3-16(17)19-21-9-12-25(19)20/h1-4,15,23H,5-14H2,(H,22,26). The molecule has 0 radical (unpaired) electrons. The molecule has 0 bridgehead atoms. The lowest BCUT2D eigenvalue weighted by atomic mass is 9.90. The van der Waals surface area contributed by atoms with Gasteiger partial charge in [0.05, 0.1) is 13.1 Å². The Morgan fingerprint density at radius 2 is 2.04 bits per heavy atom. The summed E-state index contributed by atoms with van der Waals surface area (Å²) in [5.41, 5.74) is 2.36. The van der Waals surface area contributed by atoms with E-state index in [2.05, 4.69) is 44.7 Å². The molecule has 1 amide bonds. The van der Waals surface area contributed by atoms with Gasteiger partial charge in [0.15, 0.2) is 0 Å². The third-order valence-electron chi connectivity index (χ3n) is 6.23. The molecule has 6 heteroatoms. The number of amidine groups is 1. The fraction of sp³-hybridized carbons (Fsp3) is 0.600. The number of aliphatic imine (C=N–C) groups is 1. The Hall–Kier alpha value is -2.08. The zero-order valence-electron chi connectivity index (χ0n) is 15.2. The Bertz CT molecular complexity index is 733. The van der Waals surface area contributed by atoms with Crippen molar-refractivity contribution in [3.8, 4) is 0 Å². The summed E-state index contributed by atoms with van der Waals surface area (Å²) in [5.74, 6) is 2.07. The Morgan fingerprint density at radius 3 is 2.85 bits per heavy atom. The molecule has 5 rings (SSSR count). The molecule has 138 valence electrons. The second-order valence-electron chi connectivity index (χ2n) is 8.08. The van der Waals surface area contributed by atoms with Crippen molar-refractivity contribution in [2.45, 2.75) is 31.3 Å². The van der Waals surface area contributed by atoms with E-state index in [9.17, 15) is 4.79 Å². The normalized spacial score (nSPS) is 23.8. The lowest BCUT2D eigenvalue weighted by Gasteiger charge is -2.52. The molecule has 1 aromatic carbocycles. The number of fused-ring (bicyclic) bond motifs is 4. The predicted octanol–water partition coefficient (Wildman–Crippen LogP) is 1.49. The van der Waals surface area contributed by atoms with Gasteiger partial charge in [-0.15, -0.1) is 0 Å². The van der Waals surface area contributed by atoms with Crippen molar-refractivity contribution in [1.29, 1.82) is 0 Å². The molecular formula is C20H27N5O. The number of amides is 1. The number of benzene rings is 1. The highest BCUT2D eigenvalue weighted by Crippen LogP contribution is 2.39. The summed E-state index contributed by atoms with van der Waals surface area (Å²) in [7, 11) is 0.